The van der Waals surface area contributed by atoms with Crippen LogP contribution in [-0.2, 0) is 4.74 Å². The standard InChI is InChI=1S/C23H39FN4O2/c1-4-23(5-2,11-14-29)18-27-22(25-6-3)26-17-21(28-12-15-30-16-13-28)19-7-9-20(24)10-8-19/h7-10,21,29H,4-6,11-18H2,1-3H3,(H2,25,26,27). The first-order chi connectivity index (χ1) is 14.6. The van der Waals surface area contributed by atoms with Crippen LogP contribution in [0.5, 0.6) is 0 Å². The van der Waals surface area contributed by atoms with Crippen LogP contribution in [0.4, 0.5) is 4.39 Å². The van der Waals surface area contributed by atoms with Gasteiger partial charge in [-0.1, -0.05) is 26.0 Å². The van der Waals surface area contributed by atoms with Gasteiger partial charge < -0.3 is 20.5 Å². The summed E-state index contributed by atoms with van der Waals surface area (Å²) in [7, 11) is 0. The number of aliphatic hydroxyl groups excluding tert-OH is 1. The van der Waals surface area contributed by atoms with E-state index in [9.17, 15) is 9.50 Å². The van der Waals surface area contributed by atoms with Crippen molar-refractivity contribution in [3.8, 4) is 0 Å². The third-order valence-corrected chi connectivity index (χ3v) is 6.26. The molecule has 0 bridgehead atoms. The smallest absolute Gasteiger partial charge is 0.191 e. The van der Waals surface area contributed by atoms with Crippen molar-refractivity contribution in [1.82, 2.24) is 15.5 Å². The molecule has 30 heavy (non-hydrogen) atoms. The first-order valence-electron chi connectivity index (χ1n) is 11.3. The molecule has 1 atom stereocenters. The first-order valence-corrected chi connectivity index (χ1v) is 11.3. The molecule has 1 unspecified atom stereocenters. The van der Waals surface area contributed by atoms with E-state index in [2.05, 4.69) is 36.3 Å². The molecule has 0 amide bonds. The van der Waals surface area contributed by atoms with Crippen molar-refractivity contribution in [3.63, 3.8) is 0 Å². The van der Waals surface area contributed by atoms with Gasteiger partial charge in [0.15, 0.2) is 5.96 Å². The van der Waals surface area contributed by atoms with E-state index in [4.69, 9.17) is 9.73 Å². The molecule has 1 aromatic carbocycles. The van der Waals surface area contributed by atoms with Gasteiger partial charge in [0.25, 0.3) is 0 Å². The summed E-state index contributed by atoms with van der Waals surface area (Å²) in [4.78, 5) is 7.23. The number of hydrogen-bond donors (Lipinski definition) is 3. The normalized spacial score (nSPS) is 17.0. The van der Waals surface area contributed by atoms with E-state index in [1.165, 1.54) is 12.1 Å². The van der Waals surface area contributed by atoms with Crippen LogP contribution in [0.3, 0.4) is 0 Å². The number of rotatable bonds is 11. The van der Waals surface area contributed by atoms with Gasteiger partial charge in [-0.2, -0.15) is 0 Å². The SMILES string of the molecule is CCNC(=NCC(CC)(CC)CCO)NCC(c1ccc(F)cc1)N1CCOCC1. The summed E-state index contributed by atoms with van der Waals surface area (Å²) in [5.41, 5.74) is 1.11. The topological polar surface area (TPSA) is 69.1 Å². The highest BCUT2D eigenvalue weighted by Crippen LogP contribution is 2.30. The molecule has 0 aromatic heterocycles. The van der Waals surface area contributed by atoms with E-state index in [0.29, 0.717) is 26.3 Å². The van der Waals surface area contributed by atoms with Crippen LogP contribution in [0, 0.1) is 11.2 Å². The summed E-state index contributed by atoms with van der Waals surface area (Å²) in [6.07, 6.45) is 2.73. The zero-order valence-electron chi connectivity index (χ0n) is 18.8. The minimum absolute atomic E-state index is 0.0255. The van der Waals surface area contributed by atoms with Gasteiger partial charge in [0.05, 0.1) is 19.3 Å². The molecule has 0 spiro atoms. The Bertz CT molecular complexity index is 629. The Hall–Kier alpha value is -1.70. The van der Waals surface area contributed by atoms with Gasteiger partial charge in [-0.25, -0.2) is 4.39 Å². The molecule has 1 saturated heterocycles. The fraction of sp³-hybridized carbons (Fsp3) is 0.696. The average Bonchev–Trinajstić information content (AvgIpc) is 2.78. The number of nitrogens with one attached hydrogen (secondary N) is 2. The lowest BCUT2D eigenvalue weighted by molar-refractivity contribution is 0.0170. The molecule has 3 N–H and O–H groups in total. The predicted molar refractivity (Wildman–Crippen MR) is 120 cm³/mol. The maximum atomic E-state index is 13.5. The molecule has 2 rings (SSSR count). The average molecular weight is 423 g/mol. The monoisotopic (exact) mass is 422 g/mol. The molecule has 0 saturated carbocycles. The van der Waals surface area contributed by atoms with E-state index in [1.807, 2.05) is 12.1 Å². The lowest BCUT2D eigenvalue weighted by Gasteiger charge is -2.35. The zero-order valence-corrected chi connectivity index (χ0v) is 18.8. The number of morpholine rings is 1. The van der Waals surface area contributed by atoms with Crippen molar-refractivity contribution < 1.29 is 14.2 Å². The van der Waals surface area contributed by atoms with Gasteiger partial charge in [-0.15, -0.1) is 0 Å². The molecule has 1 aliphatic rings. The fourth-order valence-electron chi connectivity index (χ4n) is 3.96. The van der Waals surface area contributed by atoms with E-state index in [0.717, 1.165) is 50.4 Å². The van der Waals surface area contributed by atoms with Gasteiger partial charge in [0.2, 0.25) is 0 Å². The number of benzene rings is 1. The van der Waals surface area contributed by atoms with Crippen LogP contribution in [0.1, 0.15) is 51.6 Å². The summed E-state index contributed by atoms with van der Waals surface area (Å²) in [5.74, 6) is 0.559. The Morgan fingerprint density at radius 3 is 2.40 bits per heavy atom. The second kappa shape index (κ2) is 12.9. The van der Waals surface area contributed by atoms with E-state index >= 15 is 0 Å². The van der Waals surface area contributed by atoms with Gasteiger partial charge in [0, 0.05) is 39.3 Å². The number of aliphatic imine (C=N–C) groups is 1. The van der Waals surface area contributed by atoms with Gasteiger partial charge in [-0.3, -0.25) is 9.89 Å². The molecule has 7 heteroatoms. The summed E-state index contributed by atoms with van der Waals surface area (Å²) >= 11 is 0. The number of aliphatic hydroxyl groups is 1. The minimum atomic E-state index is -0.221. The van der Waals surface area contributed by atoms with Crippen molar-refractivity contribution in [1.29, 1.82) is 0 Å². The van der Waals surface area contributed by atoms with Gasteiger partial charge in [0.1, 0.15) is 5.82 Å². The molecule has 1 heterocycles. The van der Waals surface area contributed by atoms with Crippen LogP contribution in [0.2, 0.25) is 0 Å². The molecule has 170 valence electrons. The first kappa shape index (κ1) is 24.6. The Morgan fingerprint density at radius 1 is 1.17 bits per heavy atom. The lowest BCUT2D eigenvalue weighted by Crippen LogP contribution is -2.46. The molecule has 1 aromatic rings. The summed E-state index contributed by atoms with van der Waals surface area (Å²) in [5, 5.41) is 16.3. The maximum absolute atomic E-state index is 13.5. The fourth-order valence-corrected chi connectivity index (χ4v) is 3.96. The molecule has 1 fully saturated rings. The molecular formula is C23H39FN4O2. The van der Waals surface area contributed by atoms with Crippen molar-refractivity contribution in [3.05, 3.63) is 35.6 Å². The third kappa shape index (κ3) is 7.22. The number of halogens is 1. The Balaban J connectivity index is 2.13. The lowest BCUT2D eigenvalue weighted by atomic mass is 9.79. The highest BCUT2D eigenvalue weighted by molar-refractivity contribution is 5.79. The quantitative estimate of drug-likeness (QED) is 0.378. The van der Waals surface area contributed by atoms with Crippen molar-refractivity contribution in [2.75, 3.05) is 52.5 Å². The highest BCUT2D eigenvalue weighted by Gasteiger charge is 2.26. The van der Waals surface area contributed by atoms with Crippen LogP contribution < -0.4 is 10.6 Å². The minimum Gasteiger partial charge on any atom is -0.396 e. The molecule has 0 radical (unpaired) electrons. The van der Waals surface area contributed by atoms with Gasteiger partial charge >= 0.3 is 0 Å². The summed E-state index contributed by atoms with van der Waals surface area (Å²) in [6.45, 7) is 11.8. The van der Waals surface area contributed by atoms with Crippen molar-refractivity contribution in [2.45, 2.75) is 46.1 Å². The summed E-state index contributed by atoms with van der Waals surface area (Å²) in [6, 6.07) is 6.88. The largest absolute Gasteiger partial charge is 0.396 e. The van der Waals surface area contributed by atoms with E-state index in [-0.39, 0.29) is 23.9 Å². The molecule has 1 aliphatic heterocycles. The zero-order chi connectivity index (χ0) is 21.8. The third-order valence-electron chi connectivity index (χ3n) is 6.26. The highest BCUT2D eigenvalue weighted by atomic mass is 19.1. The molecular weight excluding hydrogens is 383 g/mol. The van der Waals surface area contributed by atoms with Crippen molar-refractivity contribution in [2.24, 2.45) is 10.4 Å². The number of nitrogens with zero attached hydrogens (tertiary/aromatic N) is 2. The molecule has 0 aliphatic carbocycles. The summed E-state index contributed by atoms with van der Waals surface area (Å²) < 4.78 is 19.0. The maximum Gasteiger partial charge on any atom is 0.191 e. The van der Waals surface area contributed by atoms with Crippen LogP contribution in [0.25, 0.3) is 0 Å². The Morgan fingerprint density at radius 2 is 1.83 bits per heavy atom. The molecule has 6 nitrogen and oxygen atoms in total. The van der Waals surface area contributed by atoms with Crippen LogP contribution in [-0.4, -0.2) is 68.5 Å². The second-order valence-corrected chi connectivity index (χ2v) is 7.97. The Labute approximate surface area is 180 Å². The Kier molecular flexibility index (Phi) is 10.5. The number of guanidine groups is 1. The van der Waals surface area contributed by atoms with Crippen molar-refractivity contribution >= 4 is 5.96 Å². The van der Waals surface area contributed by atoms with E-state index < -0.39 is 0 Å². The van der Waals surface area contributed by atoms with Crippen LogP contribution >= 0.6 is 0 Å². The predicted octanol–water partition coefficient (Wildman–Crippen LogP) is 2.94. The van der Waals surface area contributed by atoms with Crippen LogP contribution in [0.15, 0.2) is 29.3 Å². The van der Waals surface area contributed by atoms with E-state index in [1.54, 1.807) is 0 Å². The number of hydrogen-bond acceptors (Lipinski definition) is 4. The number of ether oxygens (including phenoxy) is 1. The van der Waals surface area contributed by atoms with Gasteiger partial charge in [-0.05, 0) is 49.3 Å². The second-order valence-electron chi connectivity index (χ2n) is 7.97.